The zero-order valence-corrected chi connectivity index (χ0v) is 14.0. The van der Waals surface area contributed by atoms with Crippen LogP contribution in [0.15, 0.2) is 22.7 Å². The van der Waals surface area contributed by atoms with Crippen molar-refractivity contribution in [3.8, 4) is 0 Å². The van der Waals surface area contributed by atoms with Crippen LogP contribution in [0, 0.1) is 0 Å². The molecule has 0 aliphatic carbocycles. The van der Waals surface area contributed by atoms with E-state index in [1.54, 1.807) is 13.8 Å². The fraction of sp³-hybridized carbons (Fsp3) is 0.500. The molecule has 1 amide bonds. The van der Waals surface area contributed by atoms with Gasteiger partial charge in [-0.25, -0.2) is 0 Å². The maximum Gasteiger partial charge on any atom is 0.406 e. The summed E-state index contributed by atoms with van der Waals surface area (Å²) < 4.78 is 38.6. The second-order valence-corrected chi connectivity index (χ2v) is 5.93. The van der Waals surface area contributed by atoms with Crippen LogP contribution in [0.2, 0.25) is 5.02 Å². The normalized spacial score (nSPS) is 11.8. The number of alkyl halides is 3. The van der Waals surface area contributed by atoms with E-state index in [1.165, 1.54) is 18.2 Å². The second kappa shape index (κ2) is 7.49. The largest absolute Gasteiger partial charge is 0.406 e. The third-order valence-electron chi connectivity index (χ3n) is 3.16. The summed E-state index contributed by atoms with van der Waals surface area (Å²) in [6, 6.07) is 3.95. The molecule has 0 saturated carbocycles. The Labute approximate surface area is 135 Å². The summed E-state index contributed by atoms with van der Waals surface area (Å²) in [4.78, 5) is 13.3. The fourth-order valence-corrected chi connectivity index (χ4v) is 2.96. The van der Waals surface area contributed by atoms with Crippen molar-refractivity contribution in [3.05, 3.63) is 33.3 Å². The topological polar surface area (TPSA) is 20.3 Å². The third kappa shape index (κ3) is 5.18. The average Bonchev–Trinajstić information content (AvgIpc) is 2.37. The van der Waals surface area contributed by atoms with E-state index in [2.05, 4.69) is 15.9 Å². The molecule has 0 aliphatic rings. The fourth-order valence-electron chi connectivity index (χ4n) is 2.11. The van der Waals surface area contributed by atoms with E-state index in [-0.39, 0.29) is 5.56 Å². The summed E-state index contributed by atoms with van der Waals surface area (Å²) in [5.41, 5.74) is 0.176. The monoisotopic (exact) mass is 385 g/mol. The van der Waals surface area contributed by atoms with Crippen LogP contribution in [0.3, 0.4) is 0 Å². The van der Waals surface area contributed by atoms with E-state index in [4.69, 9.17) is 11.6 Å². The highest BCUT2D eigenvalue weighted by molar-refractivity contribution is 9.10. The van der Waals surface area contributed by atoms with E-state index in [1.807, 2.05) is 0 Å². The van der Waals surface area contributed by atoms with E-state index in [0.717, 1.165) is 4.90 Å². The number of nitrogens with zero attached hydrogens (tertiary/aromatic N) is 1. The molecular formula is C14H16BrClF3NO. The number of carbonyl (C=O) groups excluding carboxylic acids is 1. The summed E-state index contributed by atoms with van der Waals surface area (Å²) in [6.07, 6.45) is -3.51. The van der Waals surface area contributed by atoms with Crippen LogP contribution in [0.5, 0.6) is 0 Å². The van der Waals surface area contributed by atoms with Crippen LogP contribution in [-0.4, -0.2) is 29.6 Å². The van der Waals surface area contributed by atoms with Gasteiger partial charge in [0.1, 0.15) is 6.54 Å². The number of benzene rings is 1. The lowest BCUT2D eigenvalue weighted by Crippen LogP contribution is -2.45. The van der Waals surface area contributed by atoms with Gasteiger partial charge in [0.25, 0.3) is 5.91 Å². The molecule has 21 heavy (non-hydrogen) atoms. The quantitative estimate of drug-likeness (QED) is 0.673. The number of amides is 1. The summed E-state index contributed by atoms with van der Waals surface area (Å²) in [6.45, 7) is 2.27. The van der Waals surface area contributed by atoms with E-state index in [9.17, 15) is 18.0 Å². The first-order valence-corrected chi connectivity index (χ1v) is 7.69. The molecular weight excluding hydrogens is 371 g/mol. The van der Waals surface area contributed by atoms with Gasteiger partial charge in [-0.2, -0.15) is 13.2 Å². The standard InChI is InChI=1S/C14H16BrClF3NO/c1-3-10(4-2)20(8-14(17,18)19)13(21)11-6-5-9(16)7-12(11)15/h5-7,10H,3-4,8H2,1-2H3. The van der Waals surface area contributed by atoms with Crippen molar-refractivity contribution in [3.63, 3.8) is 0 Å². The van der Waals surface area contributed by atoms with E-state index in [0.29, 0.717) is 22.3 Å². The molecule has 0 aromatic heterocycles. The minimum Gasteiger partial charge on any atom is -0.327 e. The van der Waals surface area contributed by atoms with Crippen molar-refractivity contribution < 1.29 is 18.0 Å². The highest BCUT2D eigenvalue weighted by Crippen LogP contribution is 2.27. The Kier molecular flexibility index (Phi) is 6.53. The minimum absolute atomic E-state index is 0.176. The summed E-state index contributed by atoms with van der Waals surface area (Å²) in [5, 5.41) is 0.406. The molecule has 0 radical (unpaired) electrons. The first kappa shape index (κ1) is 18.3. The molecule has 0 N–H and O–H groups in total. The lowest BCUT2D eigenvalue weighted by Gasteiger charge is -2.31. The molecule has 7 heteroatoms. The molecule has 2 nitrogen and oxygen atoms in total. The van der Waals surface area contributed by atoms with E-state index < -0.39 is 24.7 Å². The van der Waals surface area contributed by atoms with Crippen LogP contribution in [-0.2, 0) is 0 Å². The van der Waals surface area contributed by atoms with Crippen LogP contribution in [0.4, 0.5) is 13.2 Å². The Morgan fingerprint density at radius 1 is 1.33 bits per heavy atom. The van der Waals surface area contributed by atoms with Gasteiger partial charge in [-0.3, -0.25) is 4.79 Å². The first-order valence-electron chi connectivity index (χ1n) is 6.52. The van der Waals surface area contributed by atoms with Crippen LogP contribution in [0.1, 0.15) is 37.0 Å². The van der Waals surface area contributed by atoms with Gasteiger partial charge in [0.2, 0.25) is 0 Å². The molecule has 118 valence electrons. The second-order valence-electron chi connectivity index (χ2n) is 4.64. The summed E-state index contributed by atoms with van der Waals surface area (Å²) >= 11 is 8.97. The minimum atomic E-state index is -4.43. The third-order valence-corrected chi connectivity index (χ3v) is 4.05. The first-order chi connectivity index (χ1) is 9.69. The molecule has 1 aromatic carbocycles. The highest BCUT2D eigenvalue weighted by atomic mass is 79.9. The smallest absolute Gasteiger partial charge is 0.327 e. The number of rotatable bonds is 5. The molecule has 1 aromatic rings. The van der Waals surface area contributed by atoms with Gasteiger partial charge in [-0.15, -0.1) is 0 Å². The van der Waals surface area contributed by atoms with Gasteiger partial charge in [0.05, 0.1) is 5.56 Å². The molecule has 0 atom stereocenters. The van der Waals surface area contributed by atoms with Gasteiger partial charge in [-0.05, 0) is 47.0 Å². The number of halogens is 5. The van der Waals surface area contributed by atoms with Crippen LogP contribution in [0.25, 0.3) is 0 Å². The van der Waals surface area contributed by atoms with Crippen molar-refractivity contribution in [1.29, 1.82) is 0 Å². The molecule has 0 heterocycles. The Bertz CT molecular complexity index is 503. The SMILES string of the molecule is CCC(CC)N(CC(F)(F)F)C(=O)c1ccc(Cl)cc1Br. The van der Waals surface area contributed by atoms with E-state index >= 15 is 0 Å². The van der Waals surface area contributed by atoms with Crippen molar-refractivity contribution in [2.75, 3.05) is 6.54 Å². The molecule has 0 spiro atoms. The molecule has 0 saturated heterocycles. The van der Waals surface area contributed by atoms with Gasteiger partial charge in [0, 0.05) is 15.5 Å². The van der Waals surface area contributed by atoms with Gasteiger partial charge in [-0.1, -0.05) is 25.4 Å². The Morgan fingerprint density at radius 2 is 1.90 bits per heavy atom. The highest BCUT2D eigenvalue weighted by Gasteiger charge is 2.36. The molecule has 0 bridgehead atoms. The Balaban J connectivity index is 3.15. The van der Waals surface area contributed by atoms with Gasteiger partial charge in [0.15, 0.2) is 0 Å². The molecule has 1 rings (SSSR count). The maximum absolute atomic E-state index is 12.8. The summed E-state index contributed by atoms with van der Waals surface area (Å²) in [5.74, 6) is -0.649. The van der Waals surface area contributed by atoms with Gasteiger partial charge < -0.3 is 4.90 Å². The predicted octanol–water partition coefficient (Wildman–Crippen LogP) is 5.30. The Morgan fingerprint density at radius 3 is 2.33 bits per heavy atom. The number of hydrogen-bond acceptors (Lipinski definition) is 1. The van der Waals surface area contributed by atoms with Crippen molar-refractivity contribution >= 4 is 33.4 Å². The molecule has 0 unspecified atom stereocenters. The predicted molar refractivity (Wildman–Crippen MR) is 80.6 cm³/mol. The number of carbonyl (C=O) groups is 1. The van der Waals surface area contributed by atoms with Crippen LogP contribution >= 0.6 is 27.5 Å². The lowest BCUT2D eigenvalue weighted by atomic mass is 10.1. The van der Waals surface area contributed by atoms with Crippen LogP contribution < -0.4 is 0 Å². The van der Waals surface area contributed by atoms with Crippen molar-refractivity contribution in [1.82, 2.24) is 4.90 Å². The lowest BCUT2D eigenvalue weighted by molar-refractivity contribution is -0.144. The average molecular weight is 387 g/mol. The summed E-state index contributed by atoms with van der Waals surface area (Å²) in [7, 11) is 0. The van der Waals surface area contributed by atoms with Gasteiger partial charge >= 0.3 is 6.18 Å². The zero-order valence-electron chi connectivity index (χ0n) is 11.7. The number of hydrogen-bond donors (Lipinski definition) is 0. The Hall–Kier alpha value is -0.750. The molecule has 0 fully saturated rings. The zero-order chi connectivity index (χ0) is 16.2. The van der Waals surface area contributed by atoms with Crippen molar-refractivity contribution in [2.24, 2.45) is 0 Å². The maximum atomic E-state index is 12.8. The molecule has 0 aliphatic heterocycles. The van der Waals surface area contributed by atoms with Crippen molar-refractivity contribution in [2.45, 2.75) is 38.9 Å².